The first kappa shape index (κ1) is 16.7. The van der Waals surface area contributed by atoms with Crippen molar-refractivity contribution in [1.82, 2.24) is 15.0 Å². The molecular weight excluding hydrogens is 272 g/mol. The fourth-order valence-electron chi connectivity index (χ4n) is 1.53. The van der Waals surface area contributed by atoms with Gasteiger partial charge in [0.15, 0.2) is 0 Å². The van der Waals surface area contributed by atoms with Gasteiger partial charge in [-0.3, -0.25) is 14.5 Å². The van der Waals surface area contributed by atoms with Crippen molar-refractivity contribution in [3.8, 4) is 12.3 Å². The highest BCUT2D eigenvalue weighted by atomic mass is 16.7. The van der Waals surface area contributed by atoms with E-state index in [9.17, 15) is 4.79 Å². The molecule has 1 N–H and O–H groups in total. The zero-order chi connectivity index (χ0) is 15.8. The van der Waals surface area contributed by atoms with Gasteiger partial charge < -0.3 is 5.32 Å². The summed E-state index contributed by atoms with van der Waals surface area (Å²) in [6.45, 7) is 4.22. The highest BCUT2D eigenvalue weighted by Crippen LogP contribution is 2.16. The second-order valence-electron chi connectivity index (χ2n) is 4.17. The molecule has 0 aliphatic heterocycles. The van der Waals surface area contributed by atoms with E-state index < -0.39 is 0 Å². The van der Waals surface area contributed by atoms with Crippen molar-refractivity contribution in [2.45, 2.75) is 20.3 Å². The number of carbonyl (C=O) groups excluding carboxylic acids is 1. The van der Waals surface area contributed by atoms with Crippen molar-refractivity contribution >= 4 is 23.8 Å². The van der Waals surface area contributed by atoms with Gasteiger partial charge in [0.25, 0.3) is 5.95 Å². The molecule has 0 spiro atoms. The molecule has 0 saturated heterocycles. The predicted octanol–water partition coefficient (Wildman–Crippen LogP) is 0.677. The van der Waals surface area contributed by atoms with Gasteiger partial charge in [-0.1, -0.05) is 12.8 Å². The van der Waals surface area contributed by atoms with Crippen molar-refractivity contribution in [2.24, 2.45) is 0 Å². The van der Waals surface area contributed by atoms with Crippen molar-refractivity contribution in [2.75, 3.05) is 42.5 Å². The van der Waals surface area contributed by atoms with E-state index in [-0.39, 0.29) is 24.3 Å². The van der Waals surface area contributed by atoms with E-state index in [4.69, 9.17) is 11.3 Å². The van der Waals surface area contributed by atoms with Crippen molar-refractivity contribution in [3.05, 3.63) is 0 Å². The fraction of sp³-hybridized carbons (Fsp3) is 0.538. The number of nitrogens with one attached hydrogen (secondary N) is 1. The SMILES string of the molecule is C#CCNc1nc(N(C)OC)nc(N(CCC)C(C)=O)n1. The third kappa shape index (κ3) is 4.57. The number of carbonyl (C=O) groups is 1. The Labute approximate surface area is 124 Å². The van der Waals surface area contributed by atoms with E-state index in [0.29, 0.717) is 12.5 Å². The van der Waals surface area contributed by atoms with Crippen molar-refractivity contribution < 1.29 is 9.63 Å². The van der Waals surface area contributed by atoms with Crippen LogP contribution in [0.5, 0.6) is 0 Å². The summed E-state index contributed by atoms with van der Waals surface area (Å²) in [5.74, 6) is 3.13. The number of rotatable bonds is 7. The minimum atomic E-state index is -0.142. The highest BCUT2D eigenvalue weighted by molar-refractivity contribution is 5.89. The van der Waals surface area contributed by atoms with Crippen LogP contribution < -0.4 is 15.3 Å². The van der Waals surface area contributed by atoms with Crippen molar-refractivity contribution in [1.29, 1.82) is 0 Å². The van der Waals surface area contributed by atoms with Crippen LogP contribution in [-0.4, -0.2) is 48.1 Å². The fourth-order valence-corrected chi connectivity index (χ4v) is 1.53. The van der Waals surface area contributed by atoms with Crippen LogP contribution in [0, 0.1) is 12.3 Å². The molecule has 0 radical (unpaired) electrons. The lowest BCUT2D eigenvalue weighted by atomic mass is 10.4. The summed E-state index contributed by atoms with van der Waals surface area (Å²) in [6.07, 6.45) is 6.00. The van der Waals surface area contributed by atoms with E-state index in [1.807, 2.05) is 6.92 Å². The summed E-state index contributed by atoms with van der Waals surface area (Å²) in [6, 6.07) is 0. The smallest absolute Gasteiger partial charge is 0.256 e. The van der Waals surface area contributed by atoms with Crippen molar-refractivity contribution in [3.63, 3.8) is 0 Å². The van der Waals surface area contributed by atoms with Crippen LogP contribution in [-0.2, 0) is 9.63 Å². The lowest BCUT2D eigenvalue weighted by molar-refractivity contribution is -0.116. The van der Waals surface area contributed by atoms with Gasteiger partial charge >= 0.3 is 0 Å². The first-order valence-electron chi connectivity index (χ1n) is 6.52. The molecule has 0 aliphatic rings. The maximum Gasteiger partial charge on any atom is 0.256 e. The lowest BCUT2D eigenvalue weighted by Gasteiger charge is -2.21. The zero-order valence-electron chi connectivity index (χ0n) is 12.8. The maximum absolute atomic E-state index is 11.7. The van der Waals surface area contributed by atoms with Gasteiger partial charge in [0.1, 0.15) is 0 Å². The molecule has 114 valence electrons. The summed E-state index contributed by atoms with van der Waals surface area (Å²) in [5.41, 5.74) is 0. The van der Waals surface area contributed by atoms with E-state index in [1.165, 1.54) is 24.0 Å². The standard InChI is InChI=1S/C13H20N6O2/c1-6-8-14-11-15-12(18(4)21-5)17-13(16-11)19(9-7-2)10(3)20/h1H,7-9H2,2-5H3,(H,14,15,16,17). The zero-order valence-corrected chi connectivity index (χ0v) is 12.8. The van der Waals surface area contributed by atoms with E-state index in [1.54, 1.807) is 7.05 Å². The molecule has 0 atom stereocenters. The molecule has 0 aliphatic carbocycles. The molecule has 1 heterocycles. The molecule has 1 aromatic rings. The topological polar surface area (TPSA) is 83.5 Å². The van der Waals surface area contributed by atoms with E-state index in [0.717, 1.165) is 6.42 Å². The summed E-state index contributed by atoms with van der Waals surface area (Å²) in [5, 5.41) is 4.24. The number of nitrogens with zero attached hydrogens (tertiary/aromatic N) is 5. The maximum atomic E-state index is 11.7. The first-order chi connectivity index (χ1) is 10.0. The Kier molecular flexibility index (Phi) is 6.36. The molecule has 0 bridgehead atoms. The molecule has 8 heteroatoms. The molecule has 21 heavy (non-hydrogen) atoms. The van der Waals surface area contributed by atoms with Crippen LogP contribution in [0.1, 0.15) is 20.3 Å². The summed E-state index contributed by atoms with van der Waals surface area (Å²) < 4.78 is 0. The Morgan fingerprint density at radius 2 is 2.05 bits per heavy atom. The van der Waals surface area contributed by atoms with Gasteiger partial charge in [0.05, 0.1) is 13.7 Å². The third-order valence-corrected chi connectivity index (χ3v) is 2.58. The van der Waals surface area contributed by atoms with Gasteiger partial charge in [-0.2, -0.15) is 15.0 Å². The quantitative estimate of drug-likeness (QED) is 0.584. The van der Waals surface area contributed by atoms with Crippen LogP contribution in [0.4, 0.5) is 17.8 Å². The minimum Gasteiger partial charge on any atom is -0.343 e. The number of terminal acetylenes is 1. The number of hydroxylamine groups is 1. The van der Waals surface area contributed by atoms with Gasteiger partial charge in [0.2, 0.25) is 17.8 Å². The summed E-state index contributed by atoms with van der Waals surface area (Å²) in [4.78, 5) is 30.9. The molecule has 8 nitrogen and oxygen atoms in total. The van der Waals surface area contributed by atoms with E-state index in [2.05, 4.69) is 26.2 Å². The normalized spacial score (nSPS) is 9.86. The number of amides is 1. The van der Waals surface area contributed by atoms with Crippen LogP contribution in [0.25, 0.3) is 0 Å². The Balaban J connectivity index is 3.22. The minimum absolute atomic E-state index is 0.142. The Bertz CT molecular complexity index is 528. The first-order valence-corrected chi connectivity index (χ1v) is 6.52. The van der Waals surface area contributed by atoms with Gasteiger partial charge in [-0.25, -0.2) is 5.06 Å². The molecule has 1 amide bonds. The molecule has 0 unspecified atom stereocenters. The number of hydrogen-bond acceptors (Lipinski definition) is 7. The predicted molar refractivity (Wildman–Crippen MR) is 80.9 cm³/mol. The summed E-state index contributed by atoms with van der Waals surface area (Å²) >= 11 is 0. The second kappa shape index (κ2) is 8.01. The average Bonchev–Trinajstić information content (AvgIpc) is 2.49. The van der Waals surface area contributed by atoms with Gasteiger partial charge in [-0.15, -0.1) is 6.42 Å². The number of anilines is 3. The molecule has 0 saturated carbocycles. The van der Waals surface area contributed by atoms with Crippen LogP contribution in [0.2, 0.25) is 0 Å². The average molecular weight is 292 g/mol. The van der Waals surface area contributed by atoms with Crippen LogP contribution >= 0.6 is 0 Å². The second-order valence-corrected chi connectivity index (χ2v) is 4.17. The monoisotopic (exact) mass is 292 g/mol. The largest absolute Gasteiger partial charge is 0.343 e. The Morgan fingerprint density at radius 1 is 1.38 bits per heavy atom. The number of hydrogen-bond donors (Lipinski definition) is 1. The van der Waals surface area contributed by atoms with Gasteiger partial charge in [0, 0.05) is 20.5 Å². The Morgan fingerprint density at radius 3 is 2.57 bits per heavy atom. The van der Waals surface area contributed by atoms with Crippen LogP contribution in [0.3, 0.4) is 0 Å². The highest BCUT2D eigenvalue weighted by Gasteiger charge is 2.18. The molecule has 0 fully saturated rings. The Hall–Kier alpha value is -2.40. The molecule has 1 rings (SSSR count). The number of aromatic nitrogens is 3. The molecule has 1 aromatic heterocycles. The molecular formula is C13H20N6O2. The van der Waals surface area contributed by atoms with E-state index >= 15 is 0 Å². The third-order valence-electron chi connectivity index (χ3n) is 2.58. The lowest BCUT2D eigenvalue weighted by Crippen LogP contribution is -2.32. The van der Waals surface area contributed by atoms with Gasteiger partial charge in [-0.05, 0) is 6.42 Å². The van der Waals surface area contributed by atoms with Crippen LogP contribution in [0.15, 0.2) is 0 Å². The summed E-state index contributed by atoms with van der Waals surface area (Å²) in [7, 11) is 3.15. The molecule has 0 aromatic carbocycles.